The van der Waals surface area contributed by atoms with Crippen LogP contribution in [-0.4, -0.2) is 49.4 Å². The van der Waals surface area contributed by atoms with Crippen LogP contribution in [0.1, 0.15) is 43.4 Å². The van der Waals surface area contributed by atoms with Crippen molar-refractivity contribution in [1.82, 2.24) is 4.90 Å². The fourth-order valence-electron chi connectivity index (χ4n) is 4.72. The van der Waals surface area contributed by atoms with Crippen LogP contribution in [0.4, 0.5) is 13.6 Å². The van der Waals surface area contributed by atoms with Crippen molar-refractivity contribution in [2.45, 2.75) is 44.8 Å². The van der Waals surface area contributed by atoms with E-state index in [0.717, 1.165) is 46.4 Å². The highest BCUT2D eigenvalue weighted by Crippen LogP contribution is 2.44. The van der Waals surface area contributed by atoms with Gasteiger partial charge in [-0.3, -0.25) is 4.90 Å². The van der Waals surface area contributed by atoms with Gasteiger partial charge in [-0.15, -0.1) is 0 Å². The second-order valence-electron chi connectivity index (χ2n) is 10.3. The molecule has 1 unspecified atom stereocenters. The first-order valence-corrected chi connectivity index (χ1v) is 12.3. The monoisotopic (exact) mass is 523 g/mol. The molecule has 0 spiro atoms. The number of fused-ring (bicyclic) bond motifs is 3. The molecule has 0 bridgehead atoms. The number of benzene rings is 3. The Bertz CT molecular complexity index is 1280. The number of rotatable bonds is 7. The minimum atomic E-state index is -1.18. The van der Waals surface area contributed by atoms with E-state index in [0.29, 0.717) is 0 Å². The zero-order chi connectivity index (χ0) is 27.6. The number of ether oxygens (including phenoxy) is 3. The lowest BCUT2D eigenvalue weighted by atomic mass is 9.98. The van der Waals surface area contributed by atoms with Crippen molar-refractivity contribution in [2.75, 3.05) is 20.8 Å². The maximum Gasteiger partial charge on any atom is 0.410 e. The molecule has 4 rings (SSSR count). The van der Waals surface area contributed by atoms with Crippen molar-refractivity contribution in [3.05, 3.63) is 89.0 Å². The number of esters is 1. The quantitative estimate of drug-likeness (QED) is 0.350. The predicted octanol–water partition coefficient (Wildman–Crippen LogP) is 6.11. The Kier molecular flexibility index (Phi) is 7.71. The van der Waals surface area contributed by atoms with Gasteiger partial charge in [0.05, 0.1) is 7.11 Å². The highest BCUT2D eigenvalue weighted by atomic mass is 19.1. The van der Waals surface area contributed by atoms with Gasteiger partial charge in [0.1, 0.15) is 18.2 Å². The van der Waals surface area contributed by atoms with Gasteiger partial charge in [-0.25, -0.2) is 18.4 Å². The van der Waals surface area contributed by atoms with E-state index >= 15 is 0 Å². The van der Waals surface area contributed by atoms with Crippen LogP contribution in [-0.2, 0) is 20.7 Å². The molecule has 6 nitrogen and oxygen atoms in total. The molecule has 0 N–H and O–H groups in total. The third kappa shape index (κ3) is 5.64. The Morgan fingerprint density at radius 1 is 0.947 bits per heavy atom. The van der Waals surface area contributed by atoms with Gasteiger partial charge < -0.3 is 14.2 Å². The molecule has 1 aliphatic rings. The normalized spacial score (nSPS) is 13.3. The van der Waals surface area contributed by atoms with Gasteiger partial charge in [-0.05, 0) is 60.7 Å². The number of hydrogen-bond donors (Lipinski definition) is 0. The lowest BCUT2D eigenvalue weighted by molar-refractivity contribution is -0.160. The molecule has 0 aromatic heterocycles. The topological polar surface area (TPSA) is 65.1 Å². The molecule has 0 aliphatic heterocycles. The molecule has 1 amide bonds. The number of carbonyl (C=O) groups excluding carboxylic acids is 2. The summed E-state index contributed by atoms with van der Waals surface area (Å²) < 4.78 is 44.6. The molecule has 0 heterocycles. The first-order chi connectivity index (χ1) is 18.0. The fourth-order valence-corrected chi connectivity index (χ4v) is 4.72. The molecular weight excluding hydrogens is 492 g/mol. The number of carbonyl (C=O) groups is 2. The van der Waals surface area contributed by atoms with Crippen LogP contribution in [0.2, 0.25) is 0 Å². The summed E-state index contributed by atoms with van der Waals surface area (Å²) >= 11 is 0. The average Bonchev–Trinajstić information content (AvgIpc) is 3.18. The van der Waals surface area contributed by atoms with Gasteiger partial charge in [-0.2, -0.15) is 0 Å². The maximum atomic E-state index is 14.3. The lowest BCUT2D eigenvalue weighted by Gasteiger charge is -2.30. The standard InChI is InChI=1S/C30H31F2NO5/c1-30(2,3)38-28(34)26(16-18-14-24(31)27(36-5)25(32)15-18)33(4)29(35)37-17-23-21-12-8-6-10-19(21)20-11-7-9-13-22(20)23/h6-15,23,26H,16-17H2,1-5H3. The van der Waals surface area contributed by atoms with Crippen LogP contribution >= 0.6 is 0 Å². The summed E-state index contributed by atoms with van der Waals surface area (Å²) in [6.07, 6.45) is -0.940. The van der Waals surface area contributed by atoms with Gasteiger partial charge in [0.2, 0.25) is 0 Å². The van der Waals surface area contributed by atoms with Crippen LogP contribution in [0.3, 0.4) is 0 Å². The highest BCUT2D eigenvalue weighted by Gasteiger charge is 2.34. The van der Waals surface area contributed by atoms with Gasteiger partial charge in [0, 0.05) is 19.4 Å². The Morgan fingerprint density at radius 3 is 1.97 bits per heavy atom. The van der Waals surface area contributed by atoms with Crippen molar-refractivity contribution < 1.29 is 32.6 Å². The van der Waals surface area contributed by atoms with Crippen LogP contribution in [0.15, 0.2) is 60.7 Å². The summed E-state index contributed by atoms with van der Waals surface area (Å²) in [6.45, 7) is 5.15. The second-order valence-corrected chi connectivity index (χ2v) is 10.3. The summed E-state index contributed by atoms with van der Waals surface area (Å²) in [7, 11) is 2.57. The SMILES string of the molecule is COc1c(F)cc(CC(C(=O)OC(C)(C)C)N(C)C(=O)OCC2c3ccccc3-c3ccccc32)cc1F. The Hall–Kier alpha value is -3.94. The smallest absolute Gasteiger partial charge is 0.410 e. The van der Waals surface area contributed by atoms with E-state index in [-0.39, 0.29) is 24.5 Å². The van der Waals surface area contributed by atoms with Crippen molar-refractivity contribution in [3.63, 3.8) is 0 Å². The Balaban J connectivity index is 1.55. The molecule has 0 saturated carbocycles. The summed E-state index contributed by atoms with van der Waals surface area (Å²) in [5.41, 5.74) is 3.61. The number of nitrogens with zero attached hydrogens (tertiary/aromatic N) is 1. The van der Waals surface area contributed by atoms with Crippen LogP contribution in [0, 0.1) is 11.6 Å². The molecule has 8 heteroatoms. The molecule has 0 fully saturated rings. The Morgan fingerprint density at radius 2 is 1.47 bits per heavy atom. The minimum absolute atomic E-state index is 0.0596. The van der Waals surface area contributed by atoms with E-state index in [1.807, 2.05) is 48.5 Å². The van der Waals surface area contributed by atoms with Gasteiger partial charge >= 0.3 is 12.1 Å². The third-order valence-electron chi connectivity index (χ3n) is 6.46. The zero-order valence-corrected chi connectivity index (χ0v) is 22.1. The van der Waals surface area contributed by atoms with E-state index in [9.17, 15) is 18.4 Å². The molecule has 3 aromatic carbocycles. The van der Waals surface area contributed by atoms with E-state index in [1.54, 1.807) is 20.8 Å². The summed E-state index contributed by atoms with van der Waals surface area (Å²) in [5, 5.41) is 0. The van der Waals surface area contributed by atoms with Crippen molar-refractivity contribution in [1.29, 1.82) is 0 Å². The summed E-state index contributed by atoms with van der Waals surface area (Å²) in [6, 6.07) is 16.9. The number of methoxy groups -OCH3 is 1. The minimum Gasteiger partial charge on any atom is -0.491 e. The molecule has 1 aliphatic carbocycles. The first-order valence-electron chi connectivity index (χ1n) is 12.3. The highest BCUT2D eigenvalue weighted by molar-refractivity contribution is 5.82. The second kappa shape index (κ2) is 10.8. The predicted molar refractivity (Wildman–Crippen MR) is 139 cm³/mol. The van der Waals surface area contributed by atoms with Gasteiger partial charge in [0.25, 0.3) is 0 Å². The van der Waals surface area contributed by atoms with Crippen molar-refractivity contribution in [3.8, 4) is 16.9 Å². The maximum absolute atomic E-state index is 14.3. The molecule has 38 heavy (non-hydrogen) atoms. The van der Waals surface area contributed by atoms with E-state index < -0.39 is 41.1 Å². The molecular formula is C30H31F2NO5. The van der Waals surface area contributed by atoms with Crippen LogP contribution in [0.5, 0.6) is 5.75 Å². The third-order valence-corrected chi connectivity index (χ3v) is 6.46. The van der Waals surface area contributed by atoms with E-state index in [2.05, 4.69) is 0 Å². The van der Waals surface area contributed by atoms with Crippen molar-refractivity contribution in [2.24, 2.45) is 0 Å². The Labute approximate surface area is 221 Å². The summed E-state index contributed by atoms with van der Waals surface area (Å²) in [5.74, 6) is -3.22. The summed E-state index contributed by atoms with van der Waals surface area (Å²) in [4.78, 5) is 27.4. The van der Waals surface area contributed by atoms with Gasteiger partial charge in [-0.1, -0.05) is 48.5 Å². The number of amides is 1. The molecule has 1 atom stereocenters. The first kappa shape index (κ1) is 27.1. The van der Waals surface area contributed by atoms with Gasteiger partial charge in [0.15, 0.2) is 17.4 Å². The van der Waals surface area contributed by atoms with Crippen LogP contribution in [0.25, 0.3) is 11.1 Å². The molecule has 200 valence electrons. The number of halogens is 2. The largest absolute Gasteiger partial charge is 0.491 e. The fraction of sp³-hybridized carbons (Fsp3) is 0.333. The average molecular weight is 524 g/mol. The lowest BCUT2D eigenvalue weighted by Crippen LogP contribution is -2.47. The van der Waals surface area contributed by atoms with E-state index in [1.165, 1.54) is 7.05 Å². The molecule has 0 saturated heterocycles. The molecule has 0 radical (unpaired) electrons. The van der Waals surface area contributed by atoms with E-state index in [4.69, 9.17) is 14.2 Å². The van der Waals surface area contributed by atoms with Crippen LogP contribution < -0.4 is 4.74 Å². The molecule has 3 aromatic rings. The zero-order valence-electron chi connectivity index (χ0n) is 22.1. The van der Waals surface area contributed by atoms with Crippen molar-refractivity contribution >= 4 is 12.1 Å². The number of likely N-dealkylation sites (N-methyl/N-ethyl adjacent to an activating group) is 1. The number of hydrogen-bond acceptors (Lipinski definition) is 5.